The van der Waals surface area contributed by atoms with Gasteiger partial charge in [0.1, 0.15) is 17.1 Å². The summed E-state index contributed by atoms with van der Waals surface area (Å²) >= 11 is 0. The monoisotopic (exact) mass is 362 g/mol. The van der Waals surface area contributed by atoms with Gasteiger partial charge in [-0.3, -0.25) is 14.7 Å². The minimum Gasteiger partial charge on any atom is -0.497 e. The summed E-state index contributed by atoms with van der Waals surface area (Å²) in [5, 5.41) is 14.0. The average Bonchev–Trinajstić information content (AvgIpc) is 3.18. The molecule has 1 aromatic heterocycles. The summed E-state index contributed by atoms with van der Waals surface area (Å²) in [6.07, 6.45) is 1.70. The number of aromatic amines is 1. The first-order valence-electron chi connectivity index (χ1n) is 8.51. The Balaban J connectivity index is 1.58. The summed E-state index contributed by atoms with van der Waals surface area (Å²) in [5.41, 5.74) is 2.09. The molecule has 0 amide bonds. The molecule has 1 atom stereocenters. The summed E-state index contributed by atoms with van der Waals surface area (Å²) in [4.78, 5) is 24.1. The Bertz CT molecular complexity index is 1190. The molecule has 3 N–H and O–H groups in total. The lowest BCUT2D eigenvalue weighted by Gasteiger charge is -2.20. The molecule has 0 unspecified atom stereocenters. The molecule has 4 rings (SSSR count). The Morgan fingerprint density at radius 3 is 2.70 bits per heavy atom. The quantitative estimate of drug-likeness (QED) is 0.456. The van der Waals surface area contributed by atoms with E-state index in [4.69, 9.17) is 4.74 Å². The lowest BCUT2D eigenvalue weighted by molar-refractivity contribution is 0.414. The highest BCUT2D eigenvalue weighted by Gasteiger charge is 2.23. The highest BCUT2D eigenvalue weighted by Crippen LogP contribution is 2.27. The predicted molar refractivity (Wildman–Crippen MR) is 106 cm³/mol. The smallest absolute Gasteiger partial charge is 0.253 e. The minimum absolute atomic E-state index is 0.166. The highest BCUT2D eigenvalue weighted by molar-refractivity contribution is 5.85. The first-order valence-corrected chi connectivity index (χ1v) is 8.51. The van der Waals surface area contributed by atoms with Crippen molar-refractivity contribution < 1.29 is 4.74 Å². The van der Waals surface area contributed by atoms with Gasteiger partial charge in [0.05, 0.1) is 18.8 Å². The van der Waals surface area contributed by atoms with Gasteiger partial charge in [-0.05, 0) is 42.8 Å². The van der Waals surface area contributed by atoms with Gasteiger partial charge in [-0.2, -0.15) is 5.10 Å². The zero-order valence-corrected chi connectivity index (χ0v) is 14.9. The first-order chi connectivity index (χ1) is 13.1. The van der Waals surface area contributed by atoms with E-state index in [0.717, 1.165) is 22.2 Å². The van der Waals surface area contributed by atoms with Gasteiger partial charge in [0.15, 0.2) is 0 Å². The molecule has 0 fully saturated rings. The van der Waals surface area contributed by atoms with E-state index in [9.17, 15) is 9.59 Å². The molecule has 0 aliphatic rings. The molecular formula is C20H18N4O3. The highest BCUT2D eigenvalue weighted by atomic mass is 16.5. The molecule has 0 spiro atoms. The van der Waals surface area contributed by atoms with Gasteiger partial charge in [0, 0.05) is 17.1 Å². The number of rotatable bonds is 6. The van der Waals surface area contributed by atoms with Crippen molar-refractivity contribution in [3.63, 3.8) is 0 Å². The van der Waals surface area contributed by atoms with Crippen LogP contribution < -0.4 is 26.2 Å². The standard InChI is InChI=1S/C20H18N4O3/c1-11(12-4-3-5-15(9-12)27-2)22-17-18(20(26)19(17)25)23-14-6-7-16-13(8-14)10-21-24-16/h3-11,22-23H,1-2H3,(H,21,24)/t11-/m1/s1. The summed E-state index contributed by atoms with van der Waals surface area (Å²) in [6.45, 7) is 1.92. The number of H-pyrrole nitrogens is 1. The molecule has 0 aliphatic heterocycles. The van der Waals surface area contributed by atoms with Crippen molar-refractivity contribution in [3.05, 3.63) is 74.7 Å². The van der Waals surface area contributed by atoms with Crippen LogP contribution in [0.5, 0.6) is 5.75 Å². The van der Waals surface area contributed by atoms with Gasteiger partial charge in [-0.25, -0.2) is 0 Å². The largest absolute Gasteiger partial charge is 0.497 e. The summed E-state index contributed by atoms with van der Waals surface area (Å²) in [7, 11) is 1.60. The molecule has 0 saturated carbocycles. The molecule has 3 aromatic carbocycles. The fraction of sp³-hybridized carbons (Fsp3) is 0.150. The van der Waals surface area contributed by atoms with Crippen LogP contribution in [0.15, 0.2) is 58.3 Å². The second-order valence-corrected chi connectivity index (χ2v) is 6.35. The van der Waals surface area contributed by atoms with Gasteiger partial charge < -0.3 is 15.4 Å². The van der Waals surface area contributed by atoms with Crippen LogP contribution in [0.3, 0.4) is 0 Å². The maximum absolute atomic E-state index is 12.1. The second-order valence-electron chi connectivity index (χ2n) is 6.35. The lowest BCUT2D eigenvalue weighted by Crippen LogP contribution is -2.37. The summed E-state index contributed by atoms with van der Waals surface area (Å²) in [5.74, 6) is 0.734. The first kappa shape index (κ1) is 16.8. The van der Waals surface area contributed by atoms with Gasteiger partial charge in [0.2, 0.25) is 0 Å². The molecular weight excluding hydrogens is 344 g/mol. The molecule has 27 heavy (non-hydrogen) atoms. The predicted octanol–water partition coefficient (Wildman–Crippen LogP) is 3.08. The average molecular weight is 362 g/mol. The Kier molecular flexibility index (Phi) is 4.12. The molecule has 7 heteroatoms. The van der Waals surface area contributed by atoms with Crippen molar-refractivity contribution in [2.24, 2.45) is 0 Å². The van der Waals surface area contributed by atoms with Gasteiger partial charge >= 0.3 is 0 Å². The van der Waals surface area contributed by atoms with Gasteiger partial charge in [-0.1, -0.05) is 12.1 Å². The topological polar surface area (TPSA) is 96.1 Å². The third-order valence-electron chi connectivity index (χ3n) is 4.57. The normalized spacial score (nSPS) is 12.2. The number of hydrogen-bond acceptors (Lipinski definition) is 6. The molecule has 0 radical (unpaired) electrons. The van der Waals surface area contributed by atoms with E-state index < -0.39 is 10.9 Å². The zero-order chi connectivity index (χ0) is 19.0. The molecule has 1 heterocycles. The third-order valence-corrected chi connectivity index (χ3v) is 4.57. The molecule has 136 valence electrons. The SMILES string of the molecule is COc1cccc([C@@H](C)Nc2c(Nc3ccc4[nH]ncc4c3)c(=O)c2=O)c1. The molecule has 7 nitrogen and oxygen atoms in total. The van der Waals surface area contributed by atoms with Crippen molar-refractivity contribution in [1.29, 1.82) is 0 Å². The Hall–Kier alpha value is -3.61. The molecule has 0 bridgehead atoms. The van der Waals surface area contributed by atoms with Crippen molar-refractivity contribution in [2.75, 3.05) is 17.7 Å². The fourth-order valence-corrected chi connectivity index (χ4v) is 3.02. The van der Waals surface area contributed by atoms with Gasteiger partial charge in [-0.15, -0.1) is 0 Å². The molecule has 0 aliphatic carbocycles. The number of benzene rings is 2. The fourth-order valence-electron chi connectivity index (χ4n) is 3.02. The van der Waals surface area contributed by atoms with Crippen molar-refractivity contribution in [2.45, 2.75) is 13.0 Å². The second kappa shape index (κ2) is 6.60. The third kappa shape index (κ3) is 3.03. The van der Waals surface area contributed by atoms with E-state index in [2.05, 4.69) is 20.8 Å². The van der Waals surface area contributed by atoms with Crippen LogP contribution in [0.4, 0.5) is 17.1 Å². The van der Waals surface area contributed by atoms with Crippen molar-refractivity contribution in [3.8, 4) is 5.75 Å². The number of nitrogens with zero attached hydrogens (tertiary/aromatic N) is 1. The van der Waals surface area contributed by atoms with E-state index in [1.54, 1.807) is 13.3 Å². The number of hydrogen-bond donors (Lipinski definition) is 3. The van der Waals surface area contributed by atoms with E-state index in [0.29, 0.717) is 11.4 Å². The number of fused-ring (bicyclic) bond motifs is 1. The number of aromatic nitrogens is 2. The Morgan fingerprint density at radius 1 is 1.07 bits per heavy atom. The Labute approximate surface area is 154 Å². The van der Waals surface area contributed by atoms with Crippen LogP contribution in [-0.4, -0.2) is 17.3 Å². The van der Waals surface area contributed by atoms with E-state index >= 15 is 0 Å². The van der Waals surface area contributed by atoms with Crippen LogP contribution in [0.2, 0.25) is 0 Å². The van der Waals surface area contributed by atoms with E-state index in [1.165, 1.54) is 0 Å². The maximum Gasteiger partial charge on any atom is 0.253 e. The Morgan fingerprint density at radius 2 is 1.89 bits per heavy atom. The van der Waals surface area contributed by atoms with Crippen molar-refractivity contribution >= 4 is 28.0 Å². The maximum atomic E-state index is 12.1. The van der Waals surface area contributed by atoms with Crippen LogP contribution in [0.25, 0.3) is 10.9 Å². The summed E-state index contributed by atoms with van der Waals surface area (Å²) in [6, 6.07) is 13.0. The van der Waals surface area contributed by atoms with Crippen molar-refractivity contribution in [1.82, 2.24) is 10.2 Å². The van der Waals surface area contributed by atoms with Gasteiger partial charge in [0.25, 0.3) is 10.9 Å². The van der Waals surface area contributed by atoms with E-state index in [-0.39, 0.29) is 11.7 Å². The van der Waals surface area contributed by atoms with E-state index in [1.807, 2.05) is 49.4 Å². The number of anilines is 3. The number of nitrogens with one attached hydrogen (secondary N) is 3. The van der Waals surface area contributed by atoms with Crippen LogP contribution in [-0.2, 0) is 0 Å². The van der Waals surface area contributed by atoms with Crippen LogP contribution in [0, 0.1) is 0 Å². The summed E-state index contributed by atoms with van der Waals surface area (Å²) < 4.78 is 5.24. The van der Waals surface area contributed by atoms with Crippen LogP contribution >= 0.6 is 0 Å². The molecule has 4 aromatic rings. The zero-order valence-electron chi connectivity index (χ0n) is 14.9. The molecule has 0 saturated heterocycles. The lowest BCUT2D eigenvalue weighted by atomic mass is 10.1. The van der Waals surface area contributed by atoms with Crippen LogP contribution in [0.1, 0.15) is 18.5 Å². The number of methoxy groups -OCH3 is 1. The minimum atomic E-state index is -0.525. The number of ether oxygens (including phenoxy) is 1.